The number of halogens is 3. The van der Waals surface area contributed by atoms with Crippen molar-refractivity contribution in [2.24, 2.45) is 0 Å². The first kappa shape index (κ1) is 16.0. The highest BCUT2D eigenvalue weighted by atomic mass is 35.5. The molecule has 2 aromatic rings. The van der Waals surface area contributed by atoms with Gasteiger partial charge in [0.05, 0.1) is 10.6 Å². The van der Waals surface area contributed by atoms with Crippen LogP contribution in [0.2, 0.25) is 5.02 Å². The number of carbonyl (C=O) groups excluding carboxylic acids is 1. The summed E-state index contributed by atoms with van der Waals surface area (Å²) in [6, 6.07) is 8.48. The lowest BCUT2D eigenvalue weighted by Crippen LogP contribution is -2.12. The minimum absolute atomic E-state index is 0.0634. The maximum atomic E-state index is 12.1. The molecule has 0 aromatic heterocycles. The van der Waals surface area contributed by atoms with Gasteiger partial charge in [-0.2, -0.15) is 8.78 Å². The maximum Gasteiger partial charge on any atom is 0.387 e. The lowest BCUT2D eigenvalue weighted by atomic mass is 10.1. The van der Waals surface area contributed by atoms with Crippen molar-refractivity contribution in [1.29, 1.82) is 0 Å². The summed E-state index contributed by atoms with van der Waals surface area (Å²) >= 11 is 5.80. The van der Waals surface area contributed by atoms with E-state index in [9.17, 15) is 18.7 Å². The molecule has 4 nitrogen and oxygen atoms in total. The average Bonchev–Trinajstić information content (AvgIpc) is 2.44. The number of aryl methyl sites for hydroxylation is 1. The number of phenolic OH excluding ortho intramolecular Hbond substituents is 1. The number of carbonyl (C=O) groups is 1. The summed E-state index contributed by atoms with van der Waals surface area (Å²) in [5.41, 5.74) is 1.20. The molecule has 0 aliphatic heterocycles. The number of hydrogen-bond acceptors (Lipinski definition) is 3. The van der Waals surface area contributed by atoms with Gasteiger partial charge in [0.25, 0.3) is 5.91 Å². The van der Waals surface area contributed by atoms with Crippen molar-refractivity contribution in [3.8, 4) is 11.5 Å². The van der Waals surface area contributed by atoms with E-state index in [-0.39, 0.29) is 27.8 Å². The fourth-order valence-electron chi connectivity index (χ4n) is 1.80. The van der Waals surface area contributed by atoms with Crippen molar-refractivity contribution < 1.29 is 23.4 Å². The smallest absolute Gasteiger partial charge is 0.387 e. The van der Waals surface area contributed by atoms with E-state index in [0.29, 0.717) is 0 Å². The van der Waals surface area contributed by atoms with Crippen molar-refractivity contribution in [3.05, 3.63) is 52.5 Å². The van der Waals surface area contributed by atoms with Crippen LogP contribution < -0.4 is 10.1 Å². The average molecular weight is 328 g/mol. The zero-order chi connectivity index (χ0) is 16.3. The van der Waals surface area contributed by atoms with Crippen LogP contribution in [-0.2, 0) is 0 Å². The van der Waals surface area contributed by atoms with Crippen molar-refractivity contribution in [3.63, 3.8) is 0 Å². The van der Waals surface area contributed by atoms with Gasteiger partial charge in [-0.15, -0.1) is 0 Å². The monoisotopic (exact) mass is 327 g/mol. The Balaban J connectivity index is 2.18. The molecule has 0 aliphatic rings. The summed E-state index contributed by atoms with van der Waals surface area (Å²) in [6.07, 6.45) is 0. The van der Waals surface area contributed by atoms with Gasteiger partial charge in [0.1, 0.15) is 11.5 Å². The van der Waals surface area contributed by atoms with Gasteiger partial charge in [-0.25, -0.2) is 0 Å². The van der Waals surface area contributed by atoms with Crippen LogP contribution in [-0.4, -0.2) is 17.6 Å². The molecule has 0 atom stereocenters. The van der Waals surface area contributed by atoms with Gasteiger partial charge >= 0.3 is 6.61 Å². The predicted octanol–water partition coefficient (Wildman–Crippen LogP) is 4.21. The molecule has 2 rings (SSSR count). The number of aromatic hydroxyl groups is 1. The standard InChI is InChI=1S/C15H12ClF2NO3/c1-8-2-4-12(20)10(6-8)14(21)19-9-3-5-13(11(16)7-9)22-15(17)18/h2-7,15,20H,1H3,(H,19,21). The van der Waals surface area contributed by atoms with E-state index in [2.05, 4.69) is 10.1 Å². The molecule has 2 N–H and O–H groups in total. The van der Waals surface area contributed by atoms with Crippen LogP contribution in [0.1, 0.15) is 15.9 Å². The molecular formula is C15H12ClF2NO3. The quantitative estimate of drug-likeness (QED) is 0.884. The molecule has 0 saturated heterocycles. The molecule has 0 radical (unpaired) electrons. The van der Waals surface area contributed by atoms with Crippen LogP contribution in [0.5, 0.6) is 11.5 Å². The van der Waals surface area contributed by atoms with E-state index >= 15 is 0 Å². The fraction of sp³-hybridized carbons (Fsp3) is 0.133. The second-order valence-electron chi connectivity index (χ2n) is 4.50. The van der Waals surface area contributed by atoms with Gasteiger partial charge in [-0.1, -0.05) is 23.2 Å². The third-order valence-electron chi connectivity index (χ3n) is 2.80. The third-order valence-corrected chi connectivity index (χ3v) is 3.10. The molecule has 0 saturated carbocycles. The van der Waals surface area contributed by atoms with Gasteiger partial charge in [0.2, 0.25) is 0 Å². The third kappa shape index (κ3) is 3.85. The summed E-state index contributed by atoms with van der Waals surface area (Å²) in [5.74, 6) is -0.889. The summed E-state index contributed by atoms with van der Waals surface area (Å²) in [5, 5.41) is 12.1. The molecule has 22 heavy (non-hydrogen) atoms. The Morgan fingerprint density at radius 1 is 1.27 bits per heavy atom. The Bertz CT molecular complexity index is 707. The van der Waals surface area contributed by atoms with Crippen LogP contribution in [0.4, 0.5) is 14.5 Å². The van der Waals surface area contributed by atoms with Gasteiger partial charge < -0.3 is 15.2 Å². The number of benzene rings is 2. The van der Waals surface area contributed by atoms with Gasteiger partial charge in [0, 0.05) is 5.69 Å². The fourth-order valence-corrected chi connectivity index (χ4v) is 2.03. The second kappa shape index (κ2) is 6.62. The Hall–Kier alpha value is -2.34. The molecule has 0 spiro atoms. The minimum atomic E-state index is -2.98. The number of alkyl halides is 2. The van der Waals surface area contributed by atoms with E-state index in [1.54, 1.807) is 13.0 Å². The van der Waals surface area contributed by atoms with Crippen molar-refractivity contribution in [2.45, 2.75) is 13.5 Å². The van der Waals surface area contributed by atoms with E-state index in [0.717, 1.165) is 5.56 Å². The Morgan fingerprint density at radius 3 is 2.64 bits per heavy atom. The molecule has 2 aromatic carbocycles. The normalized spacial score (nSPS) is 10.6. The number of nitrogens with one attached hydrogen (secondary N) is 1. The molecule has 7 heteroatoms. The topological polar surface area (TPSA) is 58.6 Å². The molecule has 0 aliphatic carbocycles. The SMILES string of the molecule is Cc1ccc(O)c(C(=O)Nc2ccc(OC(F)F)c(Cl)c2)c1. The first-order valence-electron chi connectivity index (χ1n) is 6.22. The van der Waals surface area contributed by atoms with Crippen molar-refractivity contribution in [2.75, 3.05) is 5.32 Å². The van der Waals surface area contributed by atoms with Crippen molar-refractivity contribution >= 4 is 23.2 Å². The molecule has 0 bridgehead atoms. The van der Waals surface area contributed by atoms with Gasteiger partial charge in [-0.3, -0.25) is 4.79 Å². The molecule has 116 valence electrons. The summed E-state index contributed by atoms with van der Waals surface area (Å²) in [7, 11) is 0. The largest absolute Gasteiger partial charge is 0.507 e. The van der Waals surface area contributed by atoms with Crippen LogP contribution in [0, 0.1) is 6.92 Å². The number of anilines is 1. The number of amides is 1. The lowest BCUT2D eigenvalue weighted by Gasteiger charge is -2.10. The van der Waals surface area contributed by atoms with Crippen LogP contribution in [0.3, 0.4) is 0 Å². The molecule has 0 unspecified atom stereocenters. The zero-order valence-electron chi connectivity index (χ0n) is 11.4. The molecule has 0 heterocycles. The Labute approximate surface area is 130 Å². The highest BCUT2D eigenvalue weighted by Gasteiger charge is 2.13. The second-order valence-corrected chi connectivity index (χ2v) is 4.91. The Morgan fingerprint density at radius 2 is 2.00 bits per heavy atom. The van der Waals surface area contributed by atoms with Crippen LogP contribution in [0.25, 0.3) is 0 Å². The number of hydrogen-bond donors (Lipinski definition) is 2. The zero-order valence-corrected chi connectivity index (χ0v) is 12.2. The van der Waals surface area contributed by atoms with E-state index < -0.39 is 12.5 Å². The highest BCUT2D eigenvalue weighted by molar-refractivity contribution is 6.32. The number of phenols is 1. The Kier molecular flexibility index (Phi) is 4.82. The van der Waals surface area contributed by atoms with E-state index in [1.807, 2.05) is 0 Å². The van der Waals surface area contributed by atoms with E-state index in [1.165, 1.54) is 30.3 Å². The van der Waals surface area contributed by atoms with E-state index in [4.69, 9.17) is 11.6 Å². The van der Waals surface area contributed by atoms with Gasteiger partial charge in [-0.05, 0) is 37.3 Å². The molecule has 1 amide bonds. The number of rotatable bonds is 4. The first-order chi connectivity index (χ1) is 10.4. The lowest BCUT2D eigenvalue weighted by molar-refractivity contribution is -0.0497. The van der Waals surface area contributed by atoms with Crippen molar-refractivity contribution in [1.82, 2.24) is 0 Å². The minimum Gasteiger partial charge on any atom is -0.507 e. The van der Waals surface area contributed by atoms with Crippen LogP contribution >= 0.6 is 11.6 Å². The van der Waals surface area contributed by atoms with Crippen LogP contribution in [0.15, 0.2) is 36.4 Å². The highest BCUT2D eigenvalue weighted by Crippen LogP contribution is 2.29. The molecular weight excluding hydrogens is 316 g/mol. The summed E-state index contributed by atoms with van der Waals surface area (Å²) in [6.45, 7) is -1.20. The summed E-state index contributed by atoms with van der Waals surface area (Å²) in [4.78, 5) is 12.1. The number of ether oxygens (including phenoxy) is 1. The maximum absolute atomic E-state index is 12.1. The predicted molar refractivity (Wildman–Crippen MR) is 78.9 cm³/mol. The summed E-state index contributed by atoms with van der Waals surface area (Å²) < 4.78 is 28.5. The first-order valence-corrected chi connectivity index (χ1v) is 6.60. The van der Waals surface area contributed by atoms with Gasteiger partial charge in [0.15, 0.2) is 0 Å². The molecule has 0 fully saturated rings.